The minimum atomic E-state index is -0.789. The zero-order valence-electron chi connectivity index (χ0n) is 23.4. The molecule has 7 heteroatoms. The fraction of sp³-hybridized carbons (Fsp3) is 0.469. The lowest BCUT2D eigenvalue weighted by molar-refractivity contribution is -0.147. The van der Waals surface area contributed by atoms with E-state index in [-0.39, 0.29) is 22.9 Å². The van der Waals surface area contributed by atoms with Crippen LogP contribution in [0.2, 0.25) is 0 Å². The van der Waals surface area contributed by atoms with E-state index < -0.39 is 11.4 Å². The Morgan fingerprint density at radius 2 is 1.21 bits per heavy atom. The highest BCUT2D eigenvalue weighted by molar-refractivity contribution is 7.16. The summed E-state index contributed by atoms with van der Waals surface area (Å²) in [6.07, 6.45) is 6.61. The van der Waals surface area contributed by atoms with Gasteiger partial charge < -0.3 is 10.2 Å². The maximum atomic E-state index is 12.6. The molecule has 2 aromatic heterocycles. The average Bonchev–Trinajstić information content (AvgIpc) is 2.88. The molecule has 2 heterocycles. The van der Waals surface area contributed by atoms with Gasteiger partial charge in [0.15, 0.2) is 10.9 Å². The zero-order chi connectivity index (χ0) is 28.6. The lowest BCUT2D eigenvalue weighted by atomic mass is 9.87. The molecule has 5 nitrogen and oxygen atoms in total. The molecule has 0 saturated heterocycles. The first-order chi connectivity index (χ1) is 18.4. The first-order valence-electron chi connectivity index (χ1n) is 13.6. The molecule has 0 fully saturated rings. The summed E-state index contributed by atoms with van der Waals surface area (Å²) in [4.78, 5) is 40.4. The molecule has 0 spiro atoms. The molecule has 0 amide bonds. The lowest BCUT2D eigenvalue weighted by Crippen LogP contribution is -2.23. The third kappa shape index (κ3) is 9.23. The Labute approximate surface area is 239 Å². The molecule has 0 saturated carbocycles. The van der Waals surface area contributed by atoms with E-state index in [1.54, 1.807) is 60.8 Å². The number of carbonyl (C=O) groups is 1. The van der Waals surface area contributed by atoms with E-state index in [2.05, 4.69) is 13.8 Å². The van der Waals surface area contributed by atoms with Crippen molar-refractivity contribution in [3.05, 3.63) is 78.7 Å². The van der Waals surface area contributed by atoms with Crippen molar-refractivity contribution < 1.29 is 15.0 Å². The van der Waals surface area contributed by atoms with Crippen molar-refractivity contribution in [2.24, 2.45) is 10.8 Å². The van der Waals surface area contributed by atoms with Crippen LogP contribution in [0.4, 0.5) is 0 Å². The summed E-state index contributed by atoms with van der Waals surface area (Å²) in [6, 6.07) is 14.7. The van der Waals surface area contributed by atoms with Gasteiger partial charge >= 0.3 is 5.97 Å². The largest absolute Gasteiger partial charge is 0.481 e. The Morgan fingerprint density at radius 1 is 0.744 bits per heavy atom. The Hall–Kier alpha value is -2.61. The summed E-state index contributed by atoms with van der Waals surface area (Å²) in [5.41, 5.74) is 0.978. The fourth-order valence-electron chi connectivity index (χ4n) is 4.44. The Bertz CT molecular complexity index is 1380. The summed E-state index contributed by atoms with van der Waals surface area (Å²) < 4.78 is 0. The predicted octanol–water partition coefficient (Wildman–Crippen LogP) is 7.42. The topological polar surface area (TPSA) is 91.7 Å². The van der Waals surface area contributed by atoms with E-state index in [4.69, 9.17) is 0 Å². The number of aliphatic hydroxyl groups is 1. The third-order valence-corrected chi connectivity index (χ3v) is 9.39. The van der Waals surface area contributed by atoms with E-state index in [1.807, 2.05) is 24.3 Å². The van der Waals surface area contributed by atoms with Crippen LogP contribution >= 0.6 is 22.7 Å². The summed E-state index contributed by atoms with van der Waals surface area (Å²) in [6.45, 7) is 7.78. The van der Waals surface area contributed by atoms with Gasteiger partial charge in [0.1, 0.15) is 0 Å². The maximum Gasteiger partial charge on any atom is 0.309 e. The zero-order valence-corrected chi connectivity index (χ0v) is 25.1. The van der Waals surface area contributed by atoms with Crippen LogP contribution in [-0.2, 0) is 17.6 Å². The number of rotatable bonds is 14. The van der Waals surface area contributed by atoms with Crippen LogP contribution in [0.15, 0.2) is 58.1 Å². The van der Waals surface area contributed by atoms with Gasteiger partial charge in [-0.3, -0.25) is 14.4 Å². The van der Waals surface area contributed by atoms with Gasteiger partial charge in [-0.15, -0.1) is 22.7 Å². The summed E-state index contributed by atoms with van der Waals surface area (Å²) in [7, 11) is 0. The number of aryl methyl sites for hydroxylation is 2. The number of hydrogen-bond acceptors (Lipinski definition) is 6. The minimum absolute atomic E-state index is 0.0181. The van der Waals surface area contributed by atoms with Crippen molar-refractivity contribution in [2.45, 2.75) is 79.1 Å². The normalized spacial score (nSPS) is 12.0. The van der Waals surface area contributed by atoms with E-state index >= 15 is 0 Å². The van der Waals surface area contributed by atoms with Gasteiger partial charge in [0, 0.05) is 49.4 Å². The number of aliphatic hydroxyl groups excluding tert-OH is 1. The molecular formula is C32H40O5S2. The number of hydrogen-bond donors (Lipinski definition) is 2. The lowest BCUT2D eigenvalue weighted by Gasteiger charge is -2.21. The Morgan fingerprint density at radius 3 is 1.64 bits per heavy atom. The highest BCUT2D eigenvalue weighted by atomic mass is 32.1. The molecule has 39 heavy (non-hydrogen) atoms. The van der Waals surface area contributed by atoms with E-state index in [9.17, 15) is 24.6 Å². The second kappa shape index (κ2) is 13.6. The van der Waals surface area contributed by atoms with Crippen LogP contribution in [0.5, 0.6) is 0 Å². The summed E-state index contributed by atoms with van der Waals surface area (Å²) >= 11 is 3.20. The highest BCUT2D eigenvalue weighted by Crippen LogP contribution is 2.37. The standard InChI is InChI=1S/C32H40O5S2/c1-31(2,21-33)15-9-7-11-24-17-22(34)19-28(38-24)26-13-5-6-14-27(26)29-20-23(35)18-25(39-29)12-8-10-16-32(3,4)30(36)37/h5-6,13-14,17-20,33H,7-12,15-16,21H2,1-4H3,(H,36,37). The molecule has 210 valence electrons. The predicted molar refractivity (Wildman–Crippen MR) is 163 cm³/mol. The summed E-state index contributed by atoms with van der Waals surface area (Å²) in [5.74, 6) is -0.789. The first-order valence-corrected chi connectivity index (χ1v) is 15.3. The number of carboxylic acid groups (broad SMARTS) is 1. The smallest absolute Gasteiger partial charge is 0.309 e. The van der Waals surface area contributed by atoms with Crippen molar-refractivity contribution in [1.82, 2.24) is 0 Å². The van der Waals surface area contributed by atoms with E-state index in [0.29, 0.717) is 6.42 Å². The van der Waals surface area contributed by atoms with Crippen LogP contribution < -0.4 is 10.9 Å². The van der Waals surface area contributed by atoms with Crippen molar-refractivity contribution in [3.8, 4) is 20.9 Å². The number of unbranched alkanes of at least 4 members (excludes halogenated alkanes) is 2. The van der Waals surface area contributed by atoms with Gasteiger partial charge in [0.05, 0.1) is 5.41 Å². The monoisotopic (exact) mass is 568 g/mol. The SMILES string of the molecule is CC(C)(CO)CCCCc1cc(=O)cc(-c2ccccc2-c2cc(=O)cc(CCCCC(C)(C)C(=O)O)s2)s1. The van der Waals surface area contributed by atoms with E-state index in [0.717, 1.165) is 75.6 Å². The number of carboxylic acids is 1. The van der Waals surface area contributed by atoms with Gasteiger partial charge in [-0.1, -0.05) is 51.0 Å². The fourth-order valence-corrected chi connectivity index (χ4v) is 6.77. The third-order valence-electron chi connectivity index (χ3n) is 7.10. The second-order valence-corrected chi connectivity index (χ2v) is 14.1. The van der Waals surface area contributed by atoms with Crippen LogP contribution in [0, 0.1) is 10.8 Å². The molecule has 0 unspecified atom stereocenters. The Balaban J connectivity index is 1.80. The van der Waals surface area contributed by atoms with Crippen LogP contribution in [-0.4, -0.2) is 22.8 Å². The minimum Gasteiger partial charge on any atom is -0.481 e. The molecule has 0 aliphatic rings. The molecule has 0 atom stereocenters. The Kier molecular flexibility index (Phi) is 10.8. The quantitative estimate of drug-likeness (QED) is 0.198. The van der Waals surface area contributed by atoms with Crippen molar-refractivity contribution in [1.29, 1.82) is 0 Å². The molecule has 0 aliphatic carbocycles. The molecule has 1 aromatic carbocycles. The van der Waals surface area contributed by atoms with Gasteiger partial charge in [0.2, 0.25) is 0 Å². The van der Waals surface area contributed by atoms with Crippen molar-refractivity contribution >= 4 is 28.6 Å². The van der Waals surface area contributed by atoms with Crippen molar-refractivity contribution in [3.63, 3.8) is 0 Å². The van der Waals surface area contributed by atoms with Crippen molar-refractivity contribution in [2.75, 3.05) is 6.61 Å². The van der Waals surface area contributed by atoms with Crippen LogP contribution in [0.3, 0.4) is 0 Å². The van der Waals surface area contributed by atoms with Crippen LogP contribution in [0.25, 0.3) is 20.9 Å². The molecule has 0 bridgehead atoms. The molecule has 2 N–H and O–H groups in total. The van der Waals surface area contributed by atoms with Gasteiger partial charge in [-0.25, -0.2) is 0 Å². The van der Waals surface area contributed by atoms with E-state index in [1.165, 1.54) is 0 Å². The van der Waals surface area contributed by atoms with Gasteiger partial charge in [-0.2, -0.15) is 0 Å². The molecule has 0 radical (unpaired) electrons. The first kappa shape index (κ1) is 30.9. The second-order valence-electron chi connectivity index (χ2n) is 11.7. The number of benzene rings is 1. The average molecular weight is 569 g/mol. The molecule has 3 aromatic rings. The van der Waals surface area contributed by atoms with Crippen LogP contribution in [0.1, 0.15) is 76.0 Å². The summed E-state index contributed by atoms with van der Waals surface area (Å²) in [5, 5.41) is 18.8. The molecule has 0 aliphatic heterocycles. The number of aliphatic carboxylic acids is 1. The van der Waals surface area contributed by atoms with Gasteiger partial charge in [-0.05, 0) is 69.9 Å². The molecular weight excluding hydrogens is 528 g/mol. The maximum absolute atomic E-state index is 12.6. The highest BCUT2D eigenvalue weighted by Gasteiger charge is 2.26. The van der Waals surface area contributed by atoms with Gasteiger partial charge in [0.25, 0.3) is 0 Å². The molecule has 3 rings (SSSR count).